The van der Waals surface area contributed by atoms with Crippen LogP contribution in [0.5, 0.6) is 0 Å². The van der Waals surface area contributed by atoms with Crippen LogP contribution in [0.1, 0.15) is 54.3 Å². The highest BCUT2D eigenvalue weighted by Gasteiger charge is 2.23. The predicted octanol–water partition coefficient (Wildman–Crippen LogP) is 3.75. The highest BCUT2D eigenvalue weighted by atomic mass is 32.2. The number of carboxylic acids is 1. The minimum atomic E-state index is -0.869. The summed E-state index contributed by atoms with van der Waals surface area (Å²) < 4.78 is 1.74. The topological polar surface area (TPSA) is 80.4 Å². The van der Waals surface area contributed by atoms with Crippen LogP contribution in [0.3, 0.4) is 0 Å². The smallest absolute Gasteiger partial charge is 0.313 e. The van der Waals surface area contributed by atoms with Crippen molar-refractivity contribution >= 4 is 35.3 Å². The Kier molecular flexibility index (Phi) is 5.68. The Morgan fingerprint density at radius 1 is 1.46 bits per heavy atom. The normalized spacial score (nSPS) is 16.0. The first kappa shape index (κ1) is 17.2. The third-order valence-electron chi connectivity index (χ3n) is 4.12. The molecule has 0 bridgehead atoms. The van der Waals surface area contributed by atoms with E-state index in [1.165, 1.54) is 24.8 Å². The quantitative estimate of drug-likeness (QED) is 0.623. The van der Waals surface area contributed by atoms with Gasteiger partial charge in [-0.2, -0.15) is 9.78 Å². The molecule has 0 atom stereocenters. The number of aromatic nitrogens is 3. The maximum atomic E-state index is 10.9. The van der Waals surface area contributed by atoms with Crippen molar-refractivity contribution in [1.29, 1.82) is 0 Å². The van der Waals surface area contributed by atoms with Crippen molar-refractivity contribution in [2.24, 2.45) is 5.10 Å². The number of carbonyl (C=O) groups is 1. The lowest BCUT2D eigenvalue weighted by molar-refractivity contribution is -0.133. The first-order chi connectivity index (χ1) is 11.6. The molecule has 0 radical (unpaired) electrons. The van der Waals surface area contributed by atoms with E-state index in [2.05, 4.69) is 21.4 Å². The summed E-state index contributed by atoms with van der Waals surface area (Å²) in [7, 11) is 0. The summed E-state index contributed by atoms with van der Waals surface area (Å²) in [6.07, 6.45) is 7.67. The molecule has 128 valence electrons. The Labute approximate surface area is 149 Å². The summed E-state index contributed by atoms with van der Waals surface area (Å²) in [5, 5.41) is 24.6. The van der Waals surface area contributed by atoms with Gasteiger partial charge in [0.05, 0.1) is 16.8 Å². The summed E-state index contributed by atoms with van der Waals surface area (Å²) in [4.78, 5) is 12.0. The second-order valence-corrected chi connectivity index (χ2v) is 7.77. The fourth-order valence-electron chi connectivity index (χ4n) is 2.84. The van der Waals surface area contributed by atoms with Crippen LogP contribution in [0.15, 0.2) is 21.7 Å². The summed E-state index contributed by atoms with van der Waals surface area (Å²) in [6.45, 7) is 2.05. The van der Waals surface area contributed by atoms with E-state index in [0.717, 1.165) is 35.3 Å². The summed E-state index contributed by atoms with van der Waals surface area (Å²) in [5.41, 5.74) is 1.18. The van der Waals surface area contributed by atoms with E-state index in [1.54, 1.807) is 16.0 Å². The molecule has 8 heteroatoms. The van der Waals surface area contributed by atoms with Gasteiger partial charge in [-0.25, -0.2) is 0 Å². The van der Waals surface area contributed by atoms with Crippen molar-refractivity contribution in [2.75, 3.05) is 5.75 Å². The fraction of sp³-hybridized carbons (Fsp3) is 0.500. The van der Waals surface area contributed by atoms with Crippen molar-refractivity contribution in [1.82, 2.24) is 14.9 Å². The predicted molar refractivity (Wildman–Crippen MR) is 96.3 cm³/mol. The van der Waals surface area contributed by atoms with Crippen LogP contribution < -0.4 is 0 Å². The number of nitrogens with zero attached hydrogens (tertiary/aromatic N) is 4. The number of carboxylic acid groups (broad SMARTS) is 1. The second kappa shape index (κ2) is 7.94. The Balaban J connectivity index is 1.89. The molecule has 6 nitrogen and oxygen atoms in total. The van der Waals surface area contributed by atoms with Crippen LogP contribution in [0.4, 0.5) is 0 Å². The highest BCUT2D eigenvalue weighted by Crippen LogP contribution is 2.33. The summed E-state index contributed by atoms with van der Waals surface area (Å²) >= 11 is 2.79. The molecule has 0 aliphatic heterocycles. The van der Waals surface area contributed by atoms with E-state index < -0.39 is 5.97 Å². The third kappa shape index (κ3) is 4.05. The molecule has 24 heavy (non-hydrogen) atoms. The molecule has 2 heterocycles. The number of aliphatic carboxylic acids is 1. The van der Waals surface area contributed by atoms with E-state index in [9.17, 15) is 4.79 Å². The lowest BCUT2D eigenvalue weighted by Gasteiger charge is -2.20. The van der Waals surface area contributed by atoms with Gasteiger partial charge < -0.3 is 5.11 Å². The molecule has 2 aromatic rings. The van der Waals surface area contributed by atoms with Crippen LogP contribution in [0, 0.1) is 6.92 Å². The van der Waals surface area contributed by atoms with Gasteiger partial charge >= 0.3 is 5.97 Å². The molecule has 0 saturated heterocycles. The zero-order valence-electron chi connectivity index (χ0n) is 13.5. The summed E-state index contributed by atoms with van der Waals surface area (Å²) in [6, 6.07) is 2.06. The Hall–Kier alpha value is -1.67. The zero-order chi connectivity index (χ0) is 16.9. The molecule has 1 aliphatic carbocycles. The van der Waals surface area contributed by atoms with Gasteiger partial charge in [0, 0.05) is 5.92 Å². The van der Waals surface area contributed by atoms with Gasteiger partial charge in [0.15, 0.2) is 5.82 Å². The Bertz CT molecular complexity index is 732. The molecular weight excluding hydrogens is 344 g/mol. The lowest BCUT2D eigenvalue weighted by atomic mass is 9.89. The molecule has 1 saturated carbocycles. The number of hydrogen-bond donors (Lipinski definition) is 1. The van der Waals surface area contributed by atoms with Crippen molar-refractivity contribution < 1.29 is 9.90 Å². The van der Waals surface area contributed by atoms with E-state index in [0.29, 0.717) is 11.1 Å². The molecular formula is C16H20N4O2S2. The standard InChI is InChI=1S/C16H20N4O2S2/c1-11-7-8-23-13(11)9-17-20-15(12-5-3-2-4-6-12)18-19-16(20)24-10-14(21)22/h7-9,12H,2-6,10H2,1H3,(H,21,22)/b17-9-. The molecule has 1 aliphatic rings. The maximum absolute atomic E-state index is 10.9. The third-order valence-corrected chi connectivity index (χ3v) is 5.98. The van der Waals surface area contributed by atoms with E-state index in [-0.39, 0.29) is 5.75 Å². The summed E-state index contributed by atoms with van der Waals surface area (Å²) in [5.74, 6) is 0.294. The molecule has 0 amide bonds. The minimum Gasteiger partial charge on any atom is -0.481 e. The van der Waals surface area contributed by atoms with Crippen LogP contribution >= 0.6 is 23.1 Å². The first-order valence-electron chi connectivity index (χ1n) is 8.03. The lowest BCUT2D eigenvalue weighted by Crippen LogP contribution is -2.11. The number of thiophene rings is 1. The number of thioether (sulfide) groups is 1. The molecule has 0 aromatic carbocycles. The van der Waals surface area contributed by atoms with Crippen LogP contribution in [0.25, 0.3) is 0 Å². The first-order valence-corrected chi connectivity index (χ1v) is 9.90. The van der Waals surface area contributed by atoms with Gasteiger partial charge in [0.25, 0.3) is 0 Å². The SMILES string of the molecule is Cc1ccsc1/C=N\n1c(SCC(=O)O)nnc1C1CCCCC1. The van der Waals surface area contributed by atoms with Crippen LogP contribution in [-0.2, 0) is 4.79 Å². The molecule has 2 aromatic heterocycles. The monoisotopic (exact) mass is 364 g/mol. The van der Waals surface area contributed by atoms with Gasteiger partial charge in [0.2, 0.25) is 5.16 Å². The van der Waals surface area contributed by atoms with E-state index >= 15 is 0 Å². The van der Waals surface area contributed by atoms with E-state index in [1.807, 2.05) is 18.5 Å². The maximum Gasteiger partial charge on any atom is 0.313 e. The molecule has 1 fully saturated rings. The van der Waals surface area contributed by atoms with Gasteiger partial charge in [-0.15, -0.1) is 21.5 Å². The Morgan fingerprint density at radius 3 is 2.92 bits per heavy atom. The largest absolute Gasteiger partial charge is 0.481 e. The molecule has 0 unspecified atom stereocenters. The molecule has 1 N–H and O–H groups in total. The van der Waals surface area contributed by atoms with Gasteiger partial charge in [-0.1, -0.05) is 31.0 Å². The van der Waals surface area contributed by atoms with Gasteiger partial charge in [-0.05, 0) is 36.8 Å². The fourth-order valence-corrected chi connectivity index (χ4v) is 4.24. The highest BCUT2D eigenvalue weighted by molar-refractivity contribution is 7.99. The van der Waals surface area contributed by atoms with E-state index in [4.69, 9.17) is 5.11 Å². The zero-order valence-corrected chi connectivity index (χ0v) is 15.1. The van der Waals surface area contributed by atoms with Crippen molar-refractivity contribution in [3.8, 4) is 0 Å². The van der Waals surface area contributed by atoms with Crippen molar-refractivity contribution in [3.63, 3.8) is 0 Å². The average molecular weight is 364 g/mol. The molecule has 0 spiro atoms. The number of aryl methyl sites for hydroxylation is 1. The van der Waals surface area contributed by atoms with Crippen LogP contribution in [0.2, 0.25) is 0 Å². The van der Waals surface area contributed by atoms with Gasteiger partial charge in [0.1, 0.15) is 0 Å². The average Bonchev–Trinajstić information content (AvgIpc) is 3.17. The number of hydrogen-bond acceptors (Lipinski definition) is 6. The van der Waals surface area contributed by atoms with Gasteiger partial charge in [-0.3, -0.25) is 4.79 Å². The van der Waals surface area contributed by atoms with Crippen molar-refractivity contribution in [2.45, 2.75) is 50.1 Å². The molecule has 3 rings (SSSR count). The Morgan fingerprint density at radius 2 is 2.25 bits per heavy atom. The van der Waals surface area contributed by atoms with Crippen molar-refractivity contribution in [3.05, 3.63) is 27.7 Å². The number of rotatable bonds is 6. The minimum absolute atomic E-state index is 0.0453. The van der Waals surface area contributed by atoms with Crippen LogP contribution in [-0.4, -0.2) is 37.9 Å². The second-order valence-electron chi connectivity index (χ2n) is 5.88.